The first kappa shape index (κ1) is 8.75. The van der Waals surface area contributed by atoms with Gasteiger partial charge < -0.3 is 9.67 Å². The van der Waals surface area contributed by atoms with Crippen LogP contribution in [0.3, 0.4) is 0 Å². The van der Waals surface area contributed by atoms with Crippen molar-refractivity contribution < 1.29 is 5.11 Å². The summed E-state index contributed by atoms with van der Waals surface area (Å²) in [4.78, 5) is 4.35. The molecule has 13 heavy (non-hydrogen) atoms. The molecule has 1 unspecified atom stereocenters. The first-order valence-electron chi connectivity index (χ1n) is 4.93. The minimum Gasteiger partial charge on any atom is -0.387 e. The van der Waals surface area contributed by atoms with E-state index in [-0.39, 0.29) is 6.10 Å². The maximum absolute atomic E-state index is 9.70. The van der Waals surface area contributed by atoms with E-state index in [2.05, 4.69) is 23.4 Å². The number of aromatic nitrogens is 2. The van der Waals surface area contributed by atoms with Gasteiger partial charge in [-0.25, -0.2) is 4.98 Å². The monoisotopic (exact) mass is 180 g/mol. The molecule has 1 aliphatic heterocycles. The Morgan fingerprint density at radius 3 is 3.08 bits per heavy atom. The highest BCUT2D eigenvalue weighted by Crippen LogP contribution is 2.27. The zero-order valence-electron chi connectivity index (χ0n) is 8.20. The highest BCUT2D eigenvalue weighted by Gasteiger charge is 2.21. The van der Waals surface area contributed by atoms with E-state index in [1.165, 1.54) is 0 Å². The van der Waals surface area contributed by atoms with E-state index in [1.54, 1.807) is 0 Å². The first-order valence-corrected chi connectivity index (χ1v) is 4.93. The van der Waals surface area contributed by atoms with Crippen LogP contribution in [0.2, 0.25) is 0 Å². The third kappa shape index (κ3) is 1.37. The van der Waals surface area contributed by atoms with Crippen molar-refractivity contribution in [1.82, 2.24) is 9.55 Å². The van der Waals surface area contributed by atoms with Crippen LogP contribution in [0.1, 0.15) is 50.2 Å². The van der Waals surface area contributed by atoms with Gasteiger partial charge in [0.25, 0.3) is 0 Å². The molecule has 0 aliphatic carbocycles. The lowest BCUT2D eigenvalue weighted by molar-refractivity contribution is 0.138. The lowest BCUT2D eigenvalue weighted by Gasteiger charge is -2.22. The van der Waals surface area contributed by atoms with Gasteiger partial charge in [0.15, 0.2) is 0 Å². The summed E-state index contributed by atoms with van der Waals surface area (Å²) in [5, 5.41) is 9.70. The molecule has 3 nitrogen and oxygen atoms in total. The Morgan fingerprint density at radius 2 is 2.38 bits per heavy atom. The second-order valence-electron chi connectivity index (χ2n) is 4.01. The summed E-state index contributed by atoms with van der Waals surface area (Å²) in [5.41, 5.74) is 0.995. The van der Waals surface area contributed by atoms with Crippen molar-refractivity contribution in [3.8, 4) is 0 Å². The van der Waals surface area contributed by atoms with E-state index in [0.29, 0.717) is 5.92 Å². The van der Waals surface area contributed by atoms with Crippen LogP contribution >= 0.6 is 0 Å². The minimum absolute atomic E-state index is 0.297. The van der Waals surface area contributed by atoms with Crippen molar-refractivity contribution >= 4 is 0 Å². The summed E-state index contributed by atoms with van der Waals surface area (Å²) in [6.45, 7) is 5.28. The Labute approximate surface area is 78.4 Å². The number of hydrogen-bond donors (Lipinski definition) is 1. The molecule has 1 aromatic heterocycles. The average molecular weight is 180 g/mol. The summed E-state index contributed by atoms with van der Waals surface area (Å²) in [5.74, 6) is 1.55. The highest BCUT2D eigenvalue weighted by atomic mass is 16.3. The quantitative estimate of drug-likeness (QED) is 0.716. The van der Waals surface area contributed by atoms with Gasteiger partial charge in [-0.2, -0.15) is 0 Å². The van der Waals surface area contributed by atoms with Crippen LogP contribution in [0.15, 0.2) is 6.20 Å². The fraction of sp³-hybridized carbons (Fsp3) is 0.700. The molecule has 0 bridgehead atoms. The van der Waals surface area contributed by atoms with Crippen molar-refractivity contribution in [3.05, 3.63) is 17.7 Å². The Balaban J connectivity index is 2.41. The Hall–Kier alpha value is -0.830. The van der Waals surface area contributed by atoms with Crippen LogP contribution in [0.25, 0.3) is 0 Å². The van der Waals surface area contributed by atoms with Gasteiger partial charge in [-0.05, 0) is 12.8 Å². The summed E-state index contributed by atoms with van der Waals surface area (Å²) in [7, 11) is 0. The molecule has 3 heteroatoms. The number of aliphatic hydroxyl groups excluding tert-OH is 1. The van der Waals surface area contributed by atoms with Crippen LogP contribution in [0.4, 0.5) is 0 Å². The van der Waals surface area contributed by atoms with Crippen LogP contribution in [-0.2, 0) is 6.54 Å². The number of fused-ring (bicyclic) bond motifs is 1. The zero-order chi connectivity index (χ0) is 9.42. The zero-order valence-corrected chi connectivity index (χ0v) is 8.20. The number of nitrogens with zero attached hydrogens (tertiary/aromatic N) is 2. The van der Waals surface area contributed by atoms with Gasteiger partial charge in [0, 0.05) is 12.5 Å². The van der Waals surface area contributed by atoms with E-state index >= 15 is 0 Å². The predicted octanol–water partition coefficient (Wildman–Crippen LogP) is 1.83. The summed E-state index contributed by atoms with van der Waals surface area (Å²) < 4.78 is 2.17. The van der Waals surface area contributed by atoms with E-state index < -0.39 is 0 Å². The molecule has 1 atom stereocenters. The molecule has 0 radical (unpaired) electrons. The Morgan fingerprint density at radius 1 is 1.62 bits per heavy atom. The third-order valence-corrected chi connectivity index (χ3v) is 2.63. The molecule has 0 aromatic carbocycles. The smallest absolute Gasteiger partial charge is 0.111 e. The first-order chi connectivity index (χ1) is 6.20. The van der Waals surface area contributed by atoms with Gasteiger partial charge in [-0.3, -0.25) is 0 Å². The molecule has 1 aromatic rings. The molecule has 72 valence electrons. The average Bonchev–Trinajstić information content (AvgIpc) is 2.48. The molecule has 0 saturated heterocycles. The van der Waals surface area contributed by atoms with Crippen LogP contribution < -0.4 is 0 Å². The molecule has 0 fully saturated rings. The molecule has 1 aliphatic rings. The third-order valence-electron chi connectivity index (χ3n) is 2.63. The molecular weight excluding hydrogens is 164 g/mol. The van der Waals surface area contributed by atoms with Crippen molar-refractivity contribution in [2.75, 3.05) is 0 Å². The molecule has 2 heterocycles. The topological polar surface area (TPSA) is 38.0 Å². The van der Waals surface area contributed by atoms with E-state index in [9.17, 15) is 5.11 Å². The predicted molar refractivity (Wildman–Crippen MR) is 50.5 cm³/mol. The molecule has 0 saturated carbocycles. The normalized spacial score (nSPS) is 22.0. The maximum atomic E-state index is 9.70. The van der Waals surface area contributed by atoms with Crippen molar-refractivity contribution in [2.45, 2.75) is 45.3 Å². The van der Waals surface area contributed by atoms with Gasteiger partial charge in [0.1, 0.15) is 5.82 Å². The molecule has 1 N–H and O–H groups in total. The lowest BCUT2D eigenvalue weighted by atomic mass is 10.1. The SMILES string of the molecule is CC(C)c1ncc2n1CCCC2O. The Kier molecular flexibility index (Phi) is 2.12. The van der Waals surface area contributed by atoms with E-state index in [4.69, 9.17) is 0 Å². The standard InChI is InChI=1S/C10H16N2O/c1-7(2)10-11-6-8-9(13)4-3-5-12(8)10/h6-7,9,13H,3-5H2,1-2H3. The number of rotatable bonds is 1. The van der Waals surface area contributed by atoms with Gasteiger partial charge in [-0.15, -0.1) is 0 Å². The molecular formula is C10H16N2O. The van der Waals surface area contributed by atoms with Gasteiger partial charge in [0.2, 0.25) is 0 Å². The molecule has 2 rings (SSSR count). The van der Waals surface area contributed by atoms with Crippen LogP contribution in [0, 0.1) is 0 Å². The fourth-order valence-corrected chi connectivity index (χ4v) is 1.96. The summed E-state index contributed by atoms with van der Waals surface area (Å²) >= 11 is 0. The van der Waals surface area contributed by atoms with E-state index in [1.807, 2.05) is 6.20 Å². The Bertz CT molecular complexity index is 290. The number of aliphatic hydroxyl groups is 1. The largest absolute Gasteiger partial charge is 0.387 e. The second-order valence-corrected chi connectivity index (χ2v) is 4.01. The van der Waals surface area contributed by atoms with Crippen LogP contribution in [0.5, 0.6) is 0 Å². The van der Waals surface area contributed by atoms with Crippen molar-refractivity contribution in [3.63, 3.8) is 0 Å². The van der Waals surface area contributed by atoms with Gasteiger partial charge >= 0.3 is 0 Å². The van der Waals surface area contributed by atoms with Gasteiger partial charge in [-0.1, -0.05) is 13.8 Å². The molecule has 0 spiro atoms. The fourth-order valence-electron chi connectivity index (χ4n) is 1.96. The second kappa shape index (κ2) is 3.14. The maximum Gasteiger partial charge on any atom is 0.111 e. The van der Waals surface area contributed by atoms with Gasteiger partial charge in [0.05, 0.1) is 18.0 Å². The number of imidazole rings is 1. The highest BCUT2D eigenvalue weighted by molar-refractivity contribution is 5.12. The van der Waals surface area contributed by atoms with Crippen molar-refractivity contribution in [2.24, 2.45) is 0 Å². The summed E-state index contributed by atoms with van der Waals surface area (Å²) in [6, 6.07) is 0. The van der Waals surface area contributed by atoms with Crippen molar-refractivity contribution in [1.29, 1.82) is 0 Å². The molecule has 0 amide bonds. The summed E-state index contributed by atoms with van der Waals surface area (Å²) in [6.07, 6.45) is 3.46. The van der Waals surface area contributed by atoms with E-state index in [0.717, 1.165) is 30.9 Å². The number of hydrogen-bond acceptors (Lipinski definition) is 2. The lowest BCUT2D eigenvalue weighted by Crippen LogP contribution is -2.17. The van der Waals surface area contributed by atoms with Crippen LogP contribution in [-0.4, -0.2) is 14.7 Å². The minimum atomic E-state index is -0.297.